The van der Waals surface area contributed by atoms with Gasteiger partial charge < -0.3 is 19.2 Å². The van der Waals surface area contributed by atoms with E-state index in [1.54, 1.807) is 31.6 Å². The van der Waals surface area contributed by atoms with E-state index in [-0.39, 0.29) is 5.91 Å². The topological polar surface area (TPSA) is 60.7 Å². The number of furan rings is 1. The predicted octanol–water partition coefficient (Wildman–Crippen LogP) is 7.51. The van der Waals surface area contributed by atoms with E-state index in [0.717, 1.165) is 39.0 Å². The molecule has 174 valence electrons. The maximum Gasteiger partial charge on any atom is 0.248 e. The summed E-state index contributed by atoms with van der Waals surface area (Å²) >= 11 is 6.19. The predicted molar refractivity (Wildman–Crippen MR) is 138 cm³/mol. The van der Waals surface area contributed by atoms with E-state index in [9.17, 15) is 4.79 Å². The lowest BCUT2D eigenvalue weighted by atomic mass is 9.98. The fourth-order valence-corrected chi connectivity index (χ4v) is 4.07. The van der Waals surface area contributed by atoms with E-state index in [4.69, 9.17) is 25.5 Å². The van der Waals surface area contributed by atoms with Crippen LogP contribution in [0.4, 0.5) is 5.69 Å². The largest absolute Gasteiger partial charge is 0.496 e. The highest BCUT2D eigenvalue weighted by atomic mass is 35.5. The van der Waals surface area contributed by atoms with Crippen molar-refractivity contribution in [2.24, 2.45) is 0 Å². The highest BCUT2D eigenvalue weighted by Crippen LogP contribution is 2.40. The average molecular weight is 476 g/mol. The van der Waals surface area contributed by atoms with Crippen molar-refractivity contribution in [1.82, 2.24) is 0 Å². The molecule has 0 fully saturated rings. The van der Waals surface area contributed by atoms with Gasteiger partial charge in [-0.3, -0.25) is 4.79 Å². The maximum absolute atomic E-state index is 12.8. The molecule has 0 aliphatic carbocycles. The molecule has 0 aliphatic rings. The lowest BCUT2D eigenvalue weighted by Gasteiger charge is -2.13. The van der Waals surface area contributed by atoms with Gasteiger partial charge in [-0.05, 0) is 56.2 Å². The molecule has 4 rings (SSSR count). The molecule has 0 unspecified atom stereocenters. The standard InChI is InChI=1S/C28H26ClNO4/c1-5-33-26-15-27-21(22(16-34-27)19-9-6-7-12-25(19)32-4)14-20(26)17(2)13-28(31)30-24-11-8-10-23(29)18(24)3/h6-16H,5H2,1-4H3,(H,30,31)/b17-13+. The van der Waals surface area contributed by atoms with Crippen molar-refractivity contribution >= 4 is 39.7 Å². The van der Waals surface area contributed by atoms with E-state index in [1.165, 1.54) is 0 Å². The Balaban J connectivity index is 1.76. The molecule has 0 aliphatic heterocycles. The zero-order chi connectivity index (χ0) is 24.2. The Labute approximate surface area is 203 Å². The number of benzene rings is 3. The zero-order valence-corrected chi connectivity index (χ0v) is 20.3. The van der Waals surface area contributed by atoms with E-state index >= 15 is 0 Å². The Morgan fingerprint density at radius 2 is 1.88 bits per heavy atom. The quantitative estimate of drug-likeness (QED) is 0.281. The van der Waals surface area contributed by atoms with E-state index in [2.05, 4.69) is 5.32 Å². The summed E-state index contributed by atoms with van der Waals surface area (Å²) in [4.78, 5) is 12.8. The summed E-state index contributed by atoms with van der Waals surface area (Å²) in [6.07, 6.45) is 3.28. The Hall–Kier alpha value is -3.70. The van der Waals surface area contributed by atoms with Gasteiger partial charge in [0.2, 0.25) is 5.91 Å². The van der Waals surface area contributed by atoms with Crippen molar-refractivity contribution in [3.05, 3.63) is 83.1 Å². The molecular weight excluding hydrogens is 450 g/mol. The number of hydrogen-bond donors (Lipinski definition) is 1. The molecule has 0 spiro atoms. The summed E-state index contributed by atoms with van der Waals surface area (Å²) in [5.74, 6) is 1.16. The van der Waals surface area contributed by atoms with Gasteiger partial charge in [0, 0.05) is 44.9 Å². The Morgan fingerprint density at radius 3 is 2.65 bits per heavy atom. The number of carbonyl (C=O) groups is 1. The number of para-hydroxylation sites is 1. The summed E-state index contributed by atoms with van der Waals surface area (Å²) < 4.78 is 17.3. The third-order valence-corrected chi connectivity index (χ3v) is 6.08. The van der Waals surface area contributed by atoms with Crippen molar-refractivity contribution < 1.29 is 18.7 Å². The van der Waals surface area contributed by atoms with Gasteiger partial charge in [-0.25, -0.2) is 0 Å². The molecule has 0 radical (unpaired) electrons. The van der Waals surface area contributed by atoms with Gasteiger partial charge in [0.05, 0.1) is 20.0 Å². The van der Waals surface area contributed by atoms with E-state index in [0.29, 0.717) is 28.6 Å². The van der Waals surface area contributed by atoms with Crippen LogP contribution < -0.4 is 14.8 Å². The summed E-state index contributed by atoms with van der Waals surface area (Å²) in [6.45, 7) is 6.16. The highest BCUT2D eigenvalue weighted by Gasteiger charge is 2.17. The molecule has 6 heteroatoms. The van der Waals surface area contributed by atoms with Crippen LogP contribution in [0.25, 0.3) is 27.7 Å². The lowest BCUT2D eigenvalue weighted by molar-refractivity contribution is -0.111. The van der Waals surface area contributed by atoms with Crippen LogP contribution in [-0.2, 0) is 4.79 Å². The minimum absolute atomic E-state index is 0.248. The number of fused-ring (bicyclic) bond motifs is 1. The normalized spacial score (nSPS) is 11.5. The van der Waals surface area contributed by atoms with Crippen LogP contribution in [0.1, 0.15) is 25.0 Å². The van der Waals surface area contributed by atoms with Crippen LogP contribution in [0.5, 0.6) is 11.5 Å². The maximum atomic E-state index is 12.8. The van der Waals surface area contributed by atoms with Crippen molar-refractivity contribution in [3.8, 4) is 22.6 Å². The van der Waals surface area contributed by atoms with Crippen LogP contribution >= 0.6 is 11.6 Å². The number of nitrogens with one attached hydrogen (secondary N) is 1. The van der Waals surface area contributed by atoms with Crippen LogP contribution in [0.2, 0.25) is 5.02 Å². The summed E-state index contributed by atoms with van der Waals surface area (Å²) in [6, 6.07) is 17.1. The van der Waals surface area contributed by atoms with E-state index < -0.39 is 0 Å². The third kappa shape index (κ3) is 4.66. The van der Waals surface area contributed by atoms with Gasteiger partial charge in [0.25, 0.3) is 0 Å². The van der Waals surface area contributed by atoms with Gasteiger partial charge >= 0.3 is 0 Å². The molecule has 1 N–H and O–H groups in total. The van der Waals surface area contributed by atoms with E-state index in [1.807, 2.05) is 63.2 Å². The number of amides is 1. The first kappa shape index (κ1) is 23.5. The number of hydrogen-bond acceptors (Lipinski definition) is 4. The van der Waals surface area contributed by atoms with Crippen molar-refractivity contribution in [1.29, 1.82) is 0 Å². The lowest BCUT2D eigenvalue weighted by Crippen LogP contribution is -2.10. The molecule has 3 aromatic carbocycles. The van der Waals surface area contributed by atoms with Crippen molar-refractivity contribution in [2.75, 3.05) is 19.0 Å². The number of halogens is 1. The van der Waals surface area contributed by atoms with Crippen LogP contribution in [0, 0.1) is 6.92 Å². The van der Waals surface area contributed by atoms with Crippen molar-refractivity contribution in [3.63, 3.8) is 0 Å². The second-order valence-corrected chi connectivity index (χ2v) is 8.26. The minimum Gasteiger partial charge on any atom is -0.496 e. The number of ether oxygens (including phenoxy) is 2. The number of carbonyl (C=O) groups excluding carboxylic acids is 1. The van der Waals surface area contributed by atoms with Crippen LogP contribution in [-0.4, -0.2) is 19.6 Å². The average Bonchev–Trinajstić information content (AvgIpc) is 3.24. The monoisotopic (exact) mass is 475 g/mol. The molecule has 4 aromatic rings. The summed E-state index contributed by atoms with van der Waals surface area (Å²) in [5.41, 5.74) is 5.59. The highest BCUT2D eigenvalue weighted by molar-refractivity contribution is 6.31. The molecule has 1 aromatic heterocycles. The minimum atomic E-state index is -0.248. The Morgan fingerprint density at radius 1 is 1.09 bits per heavy atom. The summed E-state index contributed by atoms with van der Waals surface area (Å²) in [7, 11) is 1.65. The zero-order valence-electron chi connectivity index (χ0n) is 19.6. The molecule has 1 amide bonds. The SMILES string of the molecule is CCOc1cc2occ(-c3ccccc3OC)c2cc1/C(C)=C/C(=O)Nc1cccc(Cl)c1C. The first-order chi connectivity index (χ1) is 16.4. The van der Waals surface area contributed by atoms with Gasteiger partial charge in [-0.15, -0.1) is 0 Å². The molecule has 34 heavy (non-hydrogen) atoms. The van der Waals surface area contributed by atoms with Gasteiger partial charge in [-0.2, -0.15) is 0 Å². The van der Waals surface area contributed by atoms with Crippen LogP contribution in [0.3, 0.4) is 0 Å². The fraction of sp³-hybridized carbons (Fsp3) is 0.179. The summed E-state index contributed by atoms with van der Waals surface area (Å²) in [5, 5.41) is 4.42. The smallest absolute Gasteiger partial charge is 0.248 e. The molecule has 0 saturated heterocycles. The second kappa shape index (κ2) is 10.1. The molecular formula is C28H26ClNO4. The first-order valence-electron chi connectivity index (χ1n) is 11.0. The third-order valence-electron chi connectivity index (χ3n) is 5.67. The Bertz CT molecular complexity index is 1390. The van der Waals surface area contributed by atoms with Gasteiger partial charge in [0.15, 0.2) is 0 Å². The molecule has 0 atom stereocenters. The van der Waals surface area contributed by atoms with Crippen molar-refractivity contribution in [2.45, 2.75) is 20.8 Å². The number of rotatable bonds is 7. The Kier molecular flexibility index (Phi) is 6.94. The second-order valence-electron chi connectivity index (χ2n) is 7.86. The molecule has 0 bridgehead atoms. The molecule has 1 heterocycles. The van der Waals surface area contributed by atoms with Gasteiger partial charge in [-0.1, -0.05) is 35.9 Å². The number of anilines is 1. The number of methoxy groups -OCH3 is 1. The first-order valence-corrected chi connectivity index (χ1v) is 11.4. The van der Waals surface area contributed by atoms with Gasteiger partial charge in [0.1, 0.15) is 17.1 Å². The molecule has 5 nitrogen and oxygen atoms in total. The molecule has 0 saturated carbocycles. The fourth-order valence-electron chi connectivity index (χ4n) is 3.90. The van der Waals surface area contributed by atoms with Crippen LogP contribution in [0.15, 0.2) is 71.4 Å². The number of allylic oxidation sites excluding steroid dienone is 1.